The van der Waals surface area contributed by atoms with Gasteiger partial charge in [-0.3, -0.25) is 4.79 Å². The number of hydrogen-bond donors (Lipinski definition) is 1. The summed E-state index contributed by atoms with van der Waals surface area (Å²) >= 11 is 0. The fraction of sp³-hybridized carbons (Fsp3) is 0.917. The van der Waals surface area contributed by atoms with Gasteiger partial charge < -0.3 is 9.84 Å². The highest BCUT2D eigenvalue weighted by Crippen LogP contribution is 2.27. The van der Waals surface area contributed by atoms with Crippen molar-refractivity contribution in [3.8, 4) is 0 Å². The van der Waals surface area contributed by atoms with Crippen LogP contribution in [0.3, 0.4) is 0 Å². The van der Waals surface area contributed by atoms with Crippen LogP contribution >= 0.6 is 0 Å². The molecule has 6 heteroatoms. The monoisotopic (exact) mass is 270 g/mol. The SMILES string of the molecule is CCCCCCC(C)OCC(C(=O)O)C(F)(F)F. The molecule has 0 fully saturated rings. The summed E-state index contributed by atoms with van der Waals surface area (Å²) in [6, 6.07) is 0. The van der Waals surface area contributed by atoms with E-state index in [-0.39, 0.29) is 6.10 Å². The summed E-state index contributed by atoms with van der Waals surface area (Å²) < 4.78 is 41.9. The molecule has 0 aliphatic rings. The highest BCUT2D eigenvalue weighted by molar-refractivity contribution is 5.71. The quantitative estimate of drug-likeness (QED) is 0.651. The maximum atomic E-state index is 12.3. The molecule has 0 aromatic heterocycles. The lowest BCUT2D eigenvalue weighted by Crippen LogP contribution is -2.35. The van der Waals surface area contributed by atoms with Gasteiger partial charge in [-0.2, -0.15) is 13.2 Å². The Kier molecular flexibility index (Phi) is 7.98. The first-order valence-electron chi connectivity index (χ1n) is 6.20. The van der Waals surface area contributed by atoms with Crippen LogP contribution in [0.15, 0.2) is 0 Å². The minimum Gasteiger partial charge on any atom is -0.481 e. The van der Waals surface area contributed by atoms with Gasteiger partial charge in [-0.1, -0.05) is 32.6 Å². The number of carboxylic acid groups (broad SMARTS) is 1. The zero-order valence-electron chi connectivity index (χ0n) is 10.8. The Morgan fingerprint density at radius 3 is 2.33 bits per heavy atom. The zero-order chi connectivity index (χ0) is 14.2. The fourth-order valence-corrected chi connectivity index (χ4v) is 1.51. The molecule has 108 valence electrons. The van der Waals surface area contributed by atoms with Gasteiger partial charge in [0.1, 0.15) is 0 Å². The lowest BCUT2D eigenvalue weighted by molar-refractivity contribution is -0.205. The molecule has 0 bridgehead atoms. The molecule has 0 saturated carbocycles. The van der Waals surface area contributed by atoms with Crippen LogP contribution in [0, 0.1) is 5.92 Å². The highest BCUT2D eigenvalue weighted by atomic mass is 19.4. The van der Waals surface area contributed by atoms with E-state index < -0.39 is 24.7 Å². The van der Waals surface area contributed by atoms with Crippen LogP contribution in [0.2, 0.25) is 0 Å². The summed E-state index contributed by atoms with van der Waals surface area (Å²) in [7, 11) is 0. The van der Waals surface area contributed by atoms with Gasteiger partial charge in [-0.05, 0) is 13.3 Å². The van der Waals surface area contributed by atoms with Crippen molar-refractivity contribution < 1.29 is 27.8 Å². The lowest BCUT2D eigenvalue weighted by atomic mass is 10.1. The molecular formula is C12H21F3O3. The highest BCUT2D eigenvalue weighted by Gasteiger charge is 2.45. The molecule has 0 amide bonds. The second-order valence-electron chi connectivity index (χ2n) is 4.43. The minimum absolute atomic E-state index is 0.342. The second kappa shape index (κ2) is 8.34. The summed E-state index contributed by atoms with van der Waals surface area (Å²) in [4.78, 5) is 10.5. The van der Waals surface area contributed by atoms with Crippen molar-refractivity contribution in [2.45, 2.75) is 58.2 Å². The van der Waals surface area contributed by atoms with Crippen molar-refractivity contribution >= 4 is 5.97 Å². The van der Waals surface area contributed by atoms with E-state index in [1.165, 1.54) is 0 Å². The van der Waals surface area contributed by atoms with Gasteiger partial charge in [0.05, 0.1) is 12.7 Å². The minimum atomic E-state index is -4.76. The van der Waals surface area contributed by atoms with E-state index in [1.54, 1.807) is 6.92 Å². The average Bonchev–Trinajstić information content (AvgIpc) is 2.22. The summed E-state index contributed by atoms with van der Waals surface area (Å²) in [5, 5.41) is 8.47. The van der Waals surface area contributed by atoms with Crippen LogP contribution in [0.4, 0.5) is 13.2 Å². The summed E-state index contributed by atoms with van der Waals surface area (Å²) in [6.45, 7) is 2.93. The third kappa shape index (κ3) is 7.53. The first kappa shape index (κ1) is 17.2. The van der Waals surface area contributed by atoms with Gasteiger partial charge in [0.25, 0.3) is 0 Å². The van der Waals surface area contributed by atoms with Gasteiger partial charge >= 0.3 is 12.1 Å². The maximum Gasteiger partial charge on any atom is 0.404 e. The van der Waals surface area contributed by atoms with E-state index in [2.05, 4.69) is 6.92 Å². The number of unbranched alkanes of at least 4 members (excludes halogenated alkanes) is 3. The largest absolute Gasteiger partial charge is 0.481 e. The van der Waals surface area contributed by atoms with Crippen LogP contribution in [0.1, 0.15) is 46.0 Å². The predicted molar refractivity (Wildman–Crippen MR) is 61.4 cm³/mol. The molecule has 0 aliphatic heterocycles. The number of rotatable bonds is 9. The Balaban J connectivity index is 3.94. The van der Waals surface area contributed by atoms with Gasteiger partial charge in [0.2, 0.25) is 0 Å². The molecule has 0 heterocycles. The molecule has 1 N–H and O–H groups in total. The predicted octanol–water partition coefficient (Wildman–Crippen LogP) is 3.63. The van der Waals surface area contributed by atoms with Crippen molar-refractivity contribution in [1.82, 2.24) is 0 Å². The molecule has 0 spiro atoms. The number of ether oxygens (including phenoxy) is 1. The van der Waals surface area contributed by atoms with Crippen molar-refractivity contribution in [3.05, 3.63) is 0 Å². The van der Waals surface area contributed by atoms with Crippen LogP contribution in [0.25, 0.3) is 0 Å². The van der Waals surface area contributed by atoms with Gasteiger partial charge in [-0.15, -0.1) is 0 Å². The van der Waals surface area contributed by atoms with E-state index in [4.69, 9.17) is 9.84 Å². The van der Waals surface area contributed by atoms with Gasteiger partial charge in [-0.25, -0.2) is 0 Å². The van der Waals surface area contributed by atoms with Crippen molar-refractivity contribution in [3.63, 3.8) is 0 Å². The Morgan fingerprint density at radius 1 is 1.28 bits per heavy atom. The molecule has 18 heavy (non-hydrogen) atoms. The van der Waals surface area contributed by atoms with Crippen molar-refractivity contribution in [2.75, 3.05) is 6.61 Å². The number of carboxylic acids is 1. The van der Waals surface area contributed by atoms with E-state index >= 15 is 0 Å². The summed E-state index contributed by atoms with van der Waals surface area (Å²) in [5.74, 6) is -4.32. The molecule has 0 rings (SSSR count). The normalized spacial score (nSPS) is 15.4. The molecule has 3 nitrogen and oxygen atoms in total. The van der Waals surface area contributed by atoms with Gasteiger partial charge in [0, 0.05) is 0 Å². The number of halogens is 3. The third-order valence-electron chi connectivity index (χ3n) is 2.70. The van der Waals surface area contributed by atoms with Crippen LogP contribution in [-0.2, 0) is 9.53 Å². The topological polar surface area (TPSA) is 46.5 Å². The Labute approximate surface area is 105 Å². The first-order chi connectivity index (χ1) is 8.29. The molecular weight excluding hydrogens is 249 g/mol. The summed E-state index contributed by atoms with van der Waals surface area (Å²) in [5.41, 5.74) is 0. The Hall–Kier alpha value is -0.780. The van der Waals surface area contributed by atoms with Crippen molar-refractivity contribution in [2.24, 2.45) is 5.92 Å². The number of hydrogen-bond acceptors (Lipinski definition) is 2. The Bertz CT molecular complexity index is 241. The average molecular weight is 270 g/mol. The second-order valence-corrected chi connectivity index (χ2v) is 4.43. The standard InChI is InChI=1S/C12H21F3O3/c1-3-4-5-6-7-9(2)18-8-10(11(16)17)12(13,14)15/h9-10H,3-8H2,1-2H3,(H,16,17). The maximum absolute atomic E-state index is 12.3. The molecule has 0 saturated heterocycles. The number of aliphatic carboxylic acids is 1. The molecule has 0 radical (unpaired) electrons. The molecule has 2 unspecified atom stereocenters. The lowest BCUT2D eigenvalue weighted by Gasteiger charge is -2.19. The Morgan fingerprint density at radius 2 is 1.89 bits per heavy atom. The smallest absolute Gasteiger partial charge is 0.404 e. The van der Waals surface area contributed by atoms with E-state index in [0.717, 1.165) is 25.7 Å². The molecule has 0 aliphatic carbocycles. The fourth-order valence-electron chi connectivity index (χ4n) is 1.51. The third-order valence-corrected chi connectivity index (χ3v) is 2.70. The number of alkyl halides is 3. The van der Waals surface area contributed by atoms with E-state index in [0.29, 0.717) is 6.42 Å². The molecule has 0 aromatic rings. The zero-order valence-corrected chi connectivity index (χ0v) is 10.8. The number of carbonyl (C=O) groups is 1. The van der Waals surface area contributed by atoms with Crippen LogP contribution < -0.4 is 0 Å². The van der Waals surface area contributed by atoms with E-state index in [1.807, 2.05) is 0 Å². The first-order valence-corrected chi connectivity index (χ1v) is 6.20. The van der Waals surface area contributed by atoms with E-state index in [9.17, 15) is 18.0 Å². The van der Waals surface area contributed by atoms with Crippen LogP contribution in [-0.4, -0.2) is 30.0 Å². The van der Waals surface area contributed by atoms with Crippen molar-refractivity contribution in [1.29, 1.82) is 0 Å². The van der Waals surface area contributed by atoms with Gasteiger partial charge in [0.15, 0.2) is 5.92 Å². The molecule has 0 aromatic carbocycles. The van der Waals surface area contributed by atoms with Crippen LogP contribution in [0.5, 0.6) is 0 Å². The summed E-state index contributed by atoms with van der Waals surface area (Å²) in [6.07, 6.45) is -0.356. The molecule has 2 atom stereocenters.